The molecule has 36 heavy (non-hydrogen) atoms. The highest BCUT2D eigenvalue weighted by Crippen LogP contribution is 2.31. The molecule has 0 spiro atoms. The monoisotopic (exact) mass is 530 g/mol. The molecule has 0 radical (unpaired) electrons. The van der Waals surface area contributed by atoms with E-state index in [0.29, 0.717) is 11.3 Å². The predicted octanol–water partition coefficient (Wildman–Crippen LogP) is 1.26. The van der Waals surface area contributed by atoms with Crippen molar-refractivity contribution in [1.29, 1.82) is 0 Å². The van der Waals surface area contributed by atoms with Crippen LogP contribution in [0.4, 0.5) is 5.69 Å². The Morgan fingerprint density at radius 3 is 2.19 bits per heavy atom. The summed E-state index contributed by atoms with van der Waals surface area (Å²) in [5.41, 5.74) is 0.619. The van der Waals surface area contributed by atoms with Gasteiger partial charge in [0.15, 0.2) is 0 Å². The molecule has 1 atom stereocenters. The van der Waals surface area contributed by atoms with Gasteiger partial charge in [-0.05, 0) is 60.2 Å². The molecule has 2 heterocycles. The molecular weight excluding hydrogens is 508 g/mol. The molecule has 3 aromatic rings. The molecule has 1 fully saturated rings. The van der Waals surface area contributed by atoms with Crippen LogP contribution in [0.1, 0.15) is 12.0 Å². The summed E-state index contributed by atoms with van der Waals surface area (Å²) in [6.45, 7) is -0.204. The molecule has 1 aliphatic rings. The van der Waals surface area contributed by atoms with Crippen LogP contribution in [0.25, 0.3) is 0 Å². The summed E-state index contributed by atoms with van der Waals surface area (Å²) in [4.78, 5) is 30.9. The first-order valence-corrected chi connectivity index (χ1v) is 13.6. The van der Waals surface area contributed by atoms with Crippen LogP contribution in [0.3, 0.4) is 0 Å². The number of carbonyl (C=O) groups excluding carboxylic acids is 2. The maximum Gasteiger partial charge on any atom is 0.252 e. The van der Waals surface area contributed by atoms with Gasteiger partial charge < -0.3 is 4.74 Å². The Kier molecular flexibility index (Phi) is 6.91. The topological polar surface area (TPSA) is 157 Å². The Morgan fingerprint density at radius 1 is 1.00 bits per heavy atom. The van der Waals surface area contributed by atoms with E-state index in [4.69, 9.17) is 9.88 Å². The van der Waals surface area contributed by atoms with E-state index in [9.17, 15) is 26.4 Å². The lowest BCUT2D eigenvalue weighted by Crippen LogP contribution is -2.45. The van der Waals surface area contributed by atoms with Crippen LogP contribution in [0.2, 0.25) is 0 Å². The molecule has 0 aliphatic carbocycles. The van der Waals surface area contributed by atoms with Crippen LogP contribution >= 0.6 is 0 Å². The summed E-state index contributed by atoms with van der Waals surface area (Å²) in [5.74, 6) is -0.937. The van der Waals surface area contributed by atoms with E-state index in [2.05, 4.69) is 4.98 Å². The van der Waals surface area contributed by atoms with E-state index in [1.165, 1.54) is 68.0 Å². The number of anilines is 1. The molecule has 2 amide bonds. The van der Waals surface area contributed by atoms with Gasteiger partial charge in [-0.3, -0.25) is 14.6 Å². The van der Waals surface area contributed by atoms with Gasteiger partial charge in [-0.15, -0.1) is 0 Å². The van der Waals surface area contributed by atoms with Crippen molar-refractivity contribution in [3.05, 3.63) is 78.6 Å². The minimum Gasteiger partial charge on any atom is -0.497 e. The summed E-state index contributed by atoms with van der Waals surface area (Å²) in [7, 11) is -6.77. The van der Waals surface area contributed by atoms with Crippen molar-refractivity contribution in [2.24, 2.45) is 5.14 Å². The number of hydrogen-bond acceptors (Lipinski definition) is 8. The molecule has 188 valence electrons. The highest BCUT2D eigenvalue weighted by atomic mass is 32.2. The Balaban J connectivity index is 1.72. The number of nitrogens with zero attached hydrogens (tertiary/aromatic N) is 3. The van der Waals surface area contributed by atoms with E-state index >= 15 is 0 Å². The molecule has 11 nitrogen and oxygen atoms in total. The van der Waals surface area contributed by atoms with Gasteiger partial charge in [0.05, 0.1) is 29.0 Å². The summed E-state index contributed by atoms with van der Waals surface area (Å²) in [5, 5.41) is 5.11. The molecule has 4 rings (SSSR count). The van der Waals surface area contributed by atoms with Gasteiger partial charge in [-0.1, -0.05) is 6.07 Å². The quantitative estimate of drug-likeness (QED) is 0.427. The molecule has 2 N–H and O–H groups in total. The maximum atomic E-state index is 13.7. The van der Waals surface area contributed by atoms with E-state index in [-0.39, 0.29) is 22.0 Å². The van der Waals surface area contributed by atoms with Crippen LogP contribution in [-0.4, -0.2) is 51.1 Å². The highest BCUT2D eigenvalue weighted by Gasteiger charge is 2.47. The van der Waals surface area contributed by atoms with Gasteiger partial charge >= 0.3 is 0 Å². The zero-order valence-electron chi connectivity index (χ0n) is 19.0. The number of benzene rings is 2. The fourth-order valence-electron chi connectivity index (χ4n) is 3.81. The van der Waals surface area contributed by atoms with Crippen molar-refractivity contribution < 1.29 is 31.2 Å². The minimum absolute atomic E-state index is 0.0802. The predicted molar refractivity (Wildman–Crippen MR) is 129 cm³/mol. The number of imide groups is 1. The molecule has 13 heteroatoms. The van der Waals surface area contributed by atoms with Gasteiger partial charge in [0, 0.05) is 18.9 Å². The number of aromatic nitrogens is 1. The van der Waals surface area contributed by atoms with E-state index < -0.39 is 44.3 Å². The number of rotatable bonds is 8. The van der Waals surface area contributed by atoms with Gasteiger partial charge in [-0.25, -0.2) is 26.9 Å². The third-order valence-corrected chi connectivity index (χ3v) is 8.42. The summed E-state index contributed by atoms with van der Waals surface area (Å²) in [6, 6.07) is 12.5. The fraction of sp³-hybridized carbons (Fsp3) is 0.174. The first kappa shape index (κ1) is 25.4. The summed E-state index contributed by atoms with van der Waals surface area (Å²) >= 11 is 0. The smallest absolute Gasteiger partial charge is 0.252 e. The number of pyridine rings is 1. The maximum absolute atomic E-state index is 13.7. The number of primary sulfonamides is 1. The number of ether oxygens (including phenoxy) is 1. The Hall–Kier alpha value is -3.65. The normalized spacial score (nSPS) is 16.5. The number of amides is 2. The van der Waals surface area contributed by atoms with E-state index in [0.717, 1.165) is 9.21 Å². The second kappa shape index (κ2) is 9.78. The van der Waals surface area contributed by atoms with Crippen LogP contribution in [-0.2, 0) is 36.2 Å². The van der Waals surface area contributed by atoms with Crippen LogP contribution < -0.4 is 14.8 Å². The van der Waals surface area contributed by atoms with E-state index in [1.54, 1.807) is 12.1 Å². The standard InChI is InChI=1S/C23H22N4O7S2/c1-34-18-6-10-20(11-7-18)36(32,33)26(15-16-3-2-12-25-14-16)21-13-22(28)27(23(21)29)17-4-8-19(9-5-17)35(24,30)31/h2-12,14,21H,13,15H2,1H3,(H2,24,30,31). The largest absolute Gasteiger partial charge is 0.497 e. The zero-order valence-corrected chi connectivity index (χ0v) is 20.6. The SMILES string of the molecule is COc1ccc(S(=O)(=O)N(Cc2cccnc2)C2CC(=O)N(c3ccc(S(N)(=O)=O)cc3)C2=O)cc1. The first-order chi connectivity index (χ1) is 17.0. The molecule has 1 unspecified atom stereocenters. The fourth-order valence-corrected chi connectivity index (χ4v) is 5.90. The van der Waals surface area contributed by atoms with Gasteiger partial charge in [0.25, 0.3) is 5.91 Å². The Bertz CT molecular complexity index is 1490. The first-order valence-electron chi connectivity index (χ1n) is 10.6. The number of carbonyl (C=O) groups is 2. The third kappa shape index (κ3) is 4.99. The van der Waals surface area contributed by atoms with E-state index in [1.807, 2.05) is 0 Å². The zero-order chi connectivity index (χ0) is 26.1. The Morgan fingerprint density at radius 2 is 1.64 bits per heavy atom. The molecule has 1 aliphatic heterocycles. The number of methoxy groups -OCH3 is 1. The van der Waals surface area contributed by atoms with Crippen LogP contribution in [0.5, 0.6) is 5.75 Å². The summed E-state index contributed by atoms with van der Waals surface area (Å²) in [6.07, 6.45) is 2.61. The number of nitrogens with two attached hydrogens (primary N) is 1. The highest BCUT2D eigenvalue weighted by molar-refractivity contribution is 7.89. The molecule has 2 aromatic carbocycles. The molecule has 0 saturated carbocycles. The van der Waals surface area contributed by atoms with Gasteiger partial charge in [0.1, 0.15) is 11.8 Å². The van der Waals surface area contributed by atoms with Gasteiger partial charge in [-0.2, -0.15) is 4.31 Å². The van der Waals surface area contributed by atoms with Crippen LogP contribution in [0, 0.1) is 0 Å². The van der Waals surface area contributed by atoms with Crippen LogP contribution in [0.15, 0.2) is 82.8 Å². The molecular formula is C23H22N4O7S2. The lowest BCUT2D eigenvalue weighted by molar-refractivity contribution is -0.122. The van der Waals surface area contributed by atoms with Gasteiger partial charge in [0.2, 0.25) is 26.0 Å². The number of sulfonamides is 2. The molecule has 1 aromatic heterocycles. The summed E-state index contributed by atoms with van der Waals surface area (Å²) < 4.78 is 56.5. The molecule has 0 bridgehead atoms. The van der Waals surface area contributed by atoms with Crippen molar-refractivity contribution in [3.63, 3.8) is 0 Å². The second-order valence-corrected chi connectivity index (χ2v) is 11.4. The van der Waals surface area contributed by atoms with Crippen molar-refractivity contribution >= 4 is 37.5 Å². The number of hydrogen-bond donors (Lipinski definition) is 1. The third-order valence-electron chi connectivity index (χ3n) is 5.62. The van der Waals surface area contributed by atoms with Crippen molar-refractivity contribution in [1.82, 2.24) is 9.29 Å². The molecule has 1 saturated heterocycles. The lowest BCUT2D eigenvalue weighted by atomic mass is 10.2. The lowest BCUT2D eigenvalue weighted by Gasteiger charge is -2.27. The average Bonchev–Trinajstić information content (AvgIpc) is 3.15. The average molecular weight is 531 g/mol. The van der Waals surface area contributed by atoms with Crippen molar-refractivity contribution in [2.45, 2.75) is 28.8 Å². The van der Waals surface area contributed by atoms with Crippen molar-refractivity contribution in [3.8, 4) is 5.75 Å². The van der Waals surface area contributed by atoms with Crippen molar-refractivity contribution in [2.75, 3.05) is 12.0 Å². The Labute approximate surface area is 208 Å². The minimum atomic E-state index is -4.24. The second-order valence-electron chi connectivity index (χ2n) is 7.91.